The molecular weight excluding hydrogens is 445 g/mol. The molecule has 2 aromatic carbocycles. The molecule has 1 aromatic heterocycles. The Labute approximate surface area is 187 Å². The molecule has 0 radical (unpaired) electrons. The van der Waals surface area contributed by atoms with Crippen molar-refractivity contribution in [2.24, 2.45) is 0 Å². The molecular formula is C21H17Cl2N3O3S. The second kappa shape index (κ2) is 8.26. The van der Waals surface area contributed by atoms with E-state index in [-0.39, 0.29) is 12.5 Å². The predicted octanol–water partition coefficient (Wildman–Crippen LogP) is 5.18. The van der Waals surface area contributed by atoms with Crippen LogP contribution in [-0.2, 0) is 9.59 Å². The van der Waals surface area contributed by atoms with Gasteiger partial charge in [0.2, 0.25) is 5.91 Å². The first-order valence-electron chi connectivity index (χ1n) is 9.11. The number of carbonyl (C=O) groups excluding carboxylic acids is 2. The number of rotatable bonds is 4. The lowest BCUT2D eigenvalue weighted by molar-refractivity contribution is -0.125. The lowest BCUT2D eigenvalue weighted by Gasteiger charge is -2.33. The van der Waals surface area contributed by atoms with Gasteiger partial charge >= 0.3 is 0 Å². The molecule has 0 bridgehead atoms. The third kappa shape index (κ3) is 4.01. The average Bonchev–Trinajstić information content (AvgIpc) is 3.16. The highest BCUT2D eigenvalue weighted by molar-refractivity contribution is 7.09. The summed E-state index contributed by atoms with van der Waals surface area (Å²) in [6.07, 6.45) is 0. The van der Waals surface area contributed by atoms with Crippen molar-refractivity contribution in [3.8, 4) is 17.0 Å². The summed E-state index contributed by atoms with van der Waals surface area (Å²) >= 11 is 13.7. The second-order valence-corrected chi connectivity index (χ2v) is 8.68. The average molecular weight is 462 g/mol. The lowest BCUT2D eigenvalue weighted by Crippen LogP contribution is -2.49. The maximum absolute atomic E-state index is 12.9. The topological polar surface area (TPSA) is 71.5 Å². The van der Waals surface area contributed by atoms with Crippen LogP contribution in [0.5, 0.6) is 5.75 Å². The van der Waals surface area contributed by atoms with Gasteiger partial charge in [0.05, 0.1) is 27.1 Å². The van der Waals surface area contributed by atoms with Crippen molar-refractivity contribution in [2.75, 3.05) is 16.8 Å². The molecule has 2 amide bonds. The number of amides is 2. The summed E-state index contributed by atoms with van der Waals surface area (Å²) in [5.41, 5.74) is 2.55. The molecule has 2 heterocycles. The van der Waals surface area contributed by atoms with E-state index in [1.54, 1.807) is 42.5 Å². The number of nitrogens with zero attached hydrogens (tertiary/aromatic N) is 2. The summed E-state index contributed by atoms with van der Waals surface area (Å²) in [5, 5.41) is 6.44. The second-order valence-electron chi connectivity index (χ2n) is 6.78. The highest BCUT2D eigenvalue weighted by Gasteiger charge is 2.33. The number of thiazole rings is 1. The van der Waals surface area contributed by atoms with Crippen LogP contribution in [0.4, 0.5) is 11.4 Å². The molecule has 1 N–H and O–H groups in total. The van der Waals surface area contributed by atoms with Gasteiger partial charge in [-0.2, -0.15) is 0 Å². The number of halogens is 2. The van der Waals surface area contributed by atoms with Gasteiger partial charge < -0.3 is 10.1 Å². The molecule has 1 unspecified atom stereocenters. The summed E-state index contributed by atoms with van der Waals surface area (Å²) in [6.45, 7) is 3.44. The van der Waals surface area contributed by atoms with Crippen molar-refractivity contribution in [2.45, 2.75) is 19.9 Å². The van der Waals surface area contributed by atoms with Crippen LogP contribution in [0.1, 0.15) is 11.9 Å². The third-order valence-electron chi connectivity index (χ3n) is 4.71. The maximum atomic E-state index is 12.9. The number of nitrogens with one attached hydrogen (secondary N) is 1. The summed E-state index contributed by atoms with van der Waals surface area (Å²) in [6, 6.07) is 9.48. The fraction of sp³-hybridized carbons (Fsp3) is 0.190. The van der Waals surface area contributed by atoms with Gasteiger partial charge in [-0.15, -0.1) is 11.3 Å². The largest absolute Gasteiger partial charge is 0.482 e. The Hall–Kier alpha value is -2.61. The molecule has 154 valence electrons. The molecule has 1 aliphatic heterocycles. The summed E-state index contributed by atoms with van der Waals surface area (Å²) in [5.74, 6) is -0.171. The summed E-state index contributed by atoms with van der Waals surface area (Å²) in [4.78, 5) is 31.6. The molecule has 0 saturated carbocycles. The van der Waals surface area contributed by atoms with E-state index in [9.17, 15) is 9.59 Å². The Kier molecular flexibility index (Phi) is 5.69. The summed E-state index contributed by atoms with van der Waals surface area (Å²) in [7, 11) is 0. The molecule has 1 aliphatic rings. The van der Waals surface area contributed by atoms with Crippen LogP contribution in [0, 0.1) is 6.92 Å². The van der Waals surface area contributed by atoms with Gasteiger partial charge in [0.15, 0.2) is 6.61 Å². The Morgan fingerprint density at radius 1 is 1.27 bits per heavy atom. The van der Waals surface area contributed by atoms with Crippen LogP contribution < -0.4 is 15.0 Å². The van der Waals surface area contributed by atoms with Gasteiger partial charge in [-0.25, -0.2) is 4.98 Å². The van der Waals surface area contributed by atoms with Gasteiger partial charge in [-0.1, -0.05) is 23.2 Å². The normalized spacial score (nSPS) is 14.1. The Bertz CT molecular complexity index is 1150. The molecule has 4 rings (SSSR count). The van der Waals surface area contributed by atoms with E-state index in [0.29, 0.717) is 27.2 Å². The van der Waals surface area contributed by atoms with E-state index >= 15 is 0 Å². The molecule has 3 aromatic rings. The van der Waals surface area contributed by atoms with Crippen LogP contribution in [0.25, 0.3) is 11.3 Å². The number of benzene rings is 2. The molecule has 0 fully saturated rings. The summed E-state index contributed by atoms with van der Waals surface area (Å²) < 4.78 is 5.57. The van der Waals surface area contributed by atoms with Gasteiger partial charge in [-0.05, 0) is 50.2 Å². The Morgan fingerprint density at radius 2 is 2.07 bits per heavy atom. The number of hydrogen-bond acceptors (Lipinski definition) is 5. The minimum Gasteiger partial charge on any atom is -0.482 e. The van der Waals surface area contributed by atoms with E-state index in [0.717, 1.165) is 16.3 Å². The van der Waals surface area contributed by atoms with Crippen molar-refractivity contribution in [1.82, 2.24) is 4.98 Å². The van der Waals surface area contributed by atoms with Crippen molar-refractivity contribution in [1.29, 1.82) is 0 Å². The molecule has 30 heavy (non-hydrogen) atoms. The van der Waals surface area contributed by atoms with Crippen molar-refractivity contribution in [3.05, 3.63) is 56.8 Å². The first-order valence-corrected chi connectivity index (χ1v) is 10.7. The first kappa shape index (κ1) is 20.7. The zero-order chi connectivity index (χ0) is 21.4. The van der Waals surface area contributed by atoms with Crippen molar-refractivity contribution in [3.63, 3.8) is 0 Å². The highest BCUT2D eigenvalue weighted by Crippen LogP contribution is 2.37. The zero-order valence-corrected chi connectivity index (χ0v) is 18.4. The van der Waals surface area contributed by atoms with E-state index < -0.39 is 11.9 Å². The van der Waals surface area contributed by atoms with Gasteiger partial charge in [0.1, 0.15) is 11.8 Å². The highest BCUT2D eigenvalue weighted by atomic mass is 35.5. The van der Waals surface area contributed by atoms with E-state index in [2.05, 4.69) is 10.3 Å². The third-order valence-corrected chi connectivity index (χ3v) is 6.04. The molecule has 9 heteroatoms. The molecule has 0 saturated heterocycles. The van der Waals surface area contributed by atoms with Crippen LogP contribution in [-0.4, -0.2) is 29.4 Å². The number of hydrogen-bond donors (Lipinski definition) is 1. The number of anilines is 2. The van der Waals surface area contributed by atoms with Crippen LogP contribution >= 0.6 is 34.5 Å². The SMILES string of the molecule is Cc1nc(-c2ccc3c(c2)N(C(C)C(=O)Nc2cc(Cl)ccc2Cl)C(=O)CO3)cs1. The minimum absolute atomic E-state index is 0.141. The molecule has 0 aliphatic carbocycles. The van der Waals surface area contributed by atoms with Gasteiger partial charge in [0, 0.05) is 16.0 Å². The quantitative estimate of drug-likeness (QED) is 0.580. The standard InChI is InChI=1S/C21H17Cl2N3O3S/c1-11(21(28)25-16-8-14(22)4-5-15(16)23)26-18-7-13(17-10-30-12(2)24-17)3-6-19(18)29-9-20(26)27/h3-8,10-11H,9H2,1-2H3,(H,25,28). The van der Waals surface area contributed by atoms with Gasteiger partial charge in [0.25, 0.3) is 5.91 Å². The van der Waals surface area contributed by atoms with Crippen molar-refractivity contribution < 1.29 is 14.3 Å². The van der Waals surface area contributed by atoms with Gasteiger partial charge in [-0.3, -0.25) is 14.5 Å². The maximum Gasteiger partial charge on any atom is 0.265 e. The predicted molar refractivity (Wildman–Crippen MR) is 120 cm³/mol. The van der Waals surface area contributed by atoms with Crippen molar-refractivity contribution >= 4 is 57.7 Å². The van der Waals surface area contributed by atoms with E-state index in [4.69, 9.17) is 27.9 Å². The fourth-order valence-corrected chi connectivity index (χ4v) is 4.16. The molecule has 1 atom stereocenters. The number of carbonyl (C=O) groups is 2. The van der Waals surface area contributed by atoms with E-state index in [1.165, 1.54) is 4.90 Å². The van der Waals surface area contributed by atoms with Crippen LogP contribution in [0.3, 0.4) is 0 Å². The zero-order valence-electron chi connectivity index (χ0n) is 16.1. The number of ether oxygens (including phenoxy) is 1. The number of aryl methyl sites for hydroxylation is 1. The monoisotopic (exact) mass is 461 g/mol. The smallest absolute Gasteiger partial charge is 0.265 e. The number of fused-ring (bicyclic) bond motifs is 1. The Morgan fingerprint density at radius 3 is 2.80 bits per heavy atom. The van der Waals surface area contributed by atoms with Crippen LogP contribution in [0.2, 0.25) is 10.0 Å². The molecule has 0 spiro atoms. The minimum atomic E-state index is -0.803. The number of aromatic nitrogens is 1. The first-order chi connectivity index (χ1) is 14.3. The molecule has 6 nitrogen and oxygen atoms in total. The van der Waals surface area contributed by atoms with Crippen LogP contribution in [0.15, 0.2) is 41.8 Å². The Balaban J connectivity index is 1.66. The lowest BCUT2D eigenvalue weighted by atomic mass is 10.1. The fourth-order valence-electron chi connectivity index (χ4n) is 3.20. The van der Waals surface area contributed by atoms with E-state index in [1.807, 2.05) is 24.4 Å².